The summed E-state index contributed by atoms with van der Waals surface area (Å²) in [5.41, 5.74) is 5.49. The molecule has 0 heterocycles. The fraction of sp³-hybridized carbons (Fsp3) is 0.0417. The summed E-state index contributed by atoms with van der Waals surface area (Å²) in [5, 5.41) is 11.7. The van der Waals surface area contributed by atoms with Gasteiger partial charge in [-0.25, -0.2) is 0 Å². The Balaban J connectivity index is 1.77. The Morgan fingerprint density at radius 1 is 0.741 bits per heavy atom. The van der Waals surface area contributed by atoms with Crippen LogP contribution in [0.4, 0.5) is 5.69 Å². The van der Waals surface area contributed by atoms with Crippen molar-refractivity contribution in [2.24, 2.45) is 4.99 Å². The van der Waals surface area contributed by atoms with Crippen LogP contribution in [-0.4, -0.2) is 10.3 Å². The third-order valence-electron chi connectivity index (χ3n) is 3.83. The summed E-state index contributed by atoms with van der Waals surface area (Å²) in [4.78, 5) is 3.92. The molecule has 0 bridgehead atoms. The zero-order chi connectivity index (χ0) is 19.1. The van der Waals surface area contributed by atoms with Crippen LogP contribution in [0.25, 0.3) is 0 Å². The molecular weight excluding hydrogens is 350 g/mol. The smallest absolute Gasteiger partial charge is 0.115 e. The van der Waals surface area contributed by atoms with E-state index in [1.165, 1.54) is 0 Å². The molecule has 0 fully saturated rings. The molecule has 0 aromatic heterocycles. The predicted octanol–water partition coefficient (Wildman–Crippen LogP) is 5.23. The van der Waals surface area contributed by atoms with E-state index in [4.69, 9.17) is 0 Å². The minimum absolute atomic E-state index is 0.237. The predicted molar refractivity (Wildman–Crippen MR) is 112 cm³/mol. The molecular formula is C24H15NOS. The van der Waals surface area contributed by atoms with Crippen LogP contribution in [0.3, 0.4) is 0 Å². The van der Waals surface area contributed by atoms with E-state index >= 15 is 0 Å². The summed E-state index contributed by atoms with van der Waals surface area (Å²) in [7, 11) is 0. The molecule has 3 heteroatoms. The highest BCUT2D eigenvalue weighted by Crippen LogP contribution is 2.13. The van der Waals surface area contributed by atoms with Crippen molar-refractivity contribution in [3.63, 3.8) is 0 Å². The number of hydrogen-bond donors (Lipinski definition) is 1. The molecule has 0 unspecified atom stereocenters. The topological polar surface area (TPSA) is 32.6 Å². The summed E-state index contributed by atoms with van der Waals surface area (Å²) < 4.78 is 0. The molecule has 1 N–H and O–H groups in total. The largest absolute Gasteiger partial charge is 0.508 e. The number of aromatic hydroxyl groups is 1. The van der Waals surface area contributed by atoms with Crippen LogP contribution in [0.15, 0.2) is 71.7 Å². The minimum atomic E-state index is 0.237. The standard InChI is InChI=1S/C24H15NOS/c1-18-16-21(3-2-19-6-12-23(13-7-19)25-17-27)5-11-22(18)10-4-20-8-14-24(26)15-9-20/h5-9,11-16,26H,1H3. The maximum atomic E-state index is 9.31. The van der Waals surface area contributed by atoms with Crippen molar-refractivity contribution in [3.05, 3.63) is 94.5 Å². The van der Waals surface area contributed by atoms with Gasteiger partial charge in [-0.3, -0.25) is 0 Å². The van der Waals surface area contributed by atoms with Crippen LogP contribution < -0.4 is 0 Å². The lowest BCUT2D eigenvalue weighted by atomic mass is 10.0. The van der Waals surface area contributed by atoms with Gasteiger partial charge in [-0.05, 0) is 91.4 Å². The summed E-state index contributed by atoms with van der Waals surface area (Å²) >= 11 is 4.59. The second-order valence-corrected chi connectivity index (χ2v) is 6.01. The van der Waals surface area contributed by atoms with Crippen molar-refractivity contribution in [1.82, 2.24) is 0 Å². The number of aliphatic imine (C=N–C) groups is 1. The van der Waals surface area contributed by atoms with E-state index < -0.39 is 0 Å². The van der Waals surface area contributed by atoms with Crippen LogP contribution in [0.5, 0.6) is 5.75 Å². The number of aryl methyl sites for hydroxylation is 1. The molecule has 0 saturated heterocycles. The van der Waals surface area contributed by atoms with Gasteiger partial charge in [-0.1, -0.05) is 23.7 Å². The molecule has 0 atom stereocenters. The monoisotopic (exact) mass is 365 g/mol. The zero-order valence-corrected chi connectivity index (χ0v) is 15.5. The number of nitrogens with zero attached hydrogens (tertiary/aromatic N) is 1. The molecule has 3 aromatic rings. The van der Waals surface area contributed by atoms with Crippen molar-refractivity contribution in [1.29, 1.82) is 0 Å². The van der Waals surface area contributed by atoms with Crippen LogP contribution in [0.1, 0.15) is 27.8 Å². The van der Waals surface area contributed by atoms with E-state index in [1.807, 2.05) is 49.4 Å². The molecule has 2 nitrogen and oxygen atoms in total. The van der Waals surface area contributed by atoms with Gasteiger partial charge in [-0.2, -0.15) is 4.99 Å². The van der Waals surface area contributed by atoms with Crippen LogP contribution in [-0.2, 0) is 0 Å². The molecule has 0 aliphatic rings. The maximum absolute atomic E-state index is 9.31. The third kappa shape index (κ3) is 5.18. The van der Waals surface area contributed by atoms with Gasteiger partial charge in [0, 0.05) is 22.3 Å². The van der Waals surface area contributed by atoms with Crippen LogP contribution >= 0.6 is 12.2 Å². The Hall–Kier alpha value is -3.62. The Kier molecular flexibility index (Phi) is 5.83. The zero-order valence-electron chi connectivity index (χ0n) is 14.7. The van der Waals surface area contributed by atoms with Gasteiger partial charge in [-0.15, -0.1) is 0 Å². The van der Waals surface area contributed by atoms with Crippen molar-refractivity contribution >= 4 is 23.1 Å². The lowest BCUT2D eigenvalue weighted by Gasteiger charge is -1.99. The van der Waals surface area contributed by atoms with Crippen molar-refractivity contribution < 1.29 is 5.11 Å². The number of phenolic OH excluding ortho intramolecular Hbond substituents is 1. The van der Waals surface area contributed by atoms with Gasteiger partial charge in [0.15, 0.2) is 0 Å². The van der Waals surface area contributed by atoms with E-state index in [0.717, 1.165) is 33.5 Å². The van der Waals surface area contributed by atoms with E-state index in [-0.39, 0.29) is 5.75 Å². The molecule has 0 saturated carbocycles. The first-order valence-electron chi connectivity index (χ1n) is 8.26. The van der Waals surface area contributed by atoms with Gasteiger partial charge >= 0.3 is 0 Å². The molecule has 27 heavy (non-hydrogen) atoms. The summed E-state index contributed by atoms with van der Waals surface area (Å²) in [6.07, 6.45) is 0. The first-order valence-corrected chi connectivity index (χ1v) is 8.66. The lowest BCUT2D eigenvalue weighted by Crippen LogP contribution is -1.85. The normalized spacial score (nSPS) is 9.22. The molecule has 0 aliphatic heterocycles. The third-order valence-corrected chi connectivity index (χ3v) is 3.92. The fourth-order valence-corrected chi connectivity index (χ4v) is 2.49. The van der Waals surface area contributed by atoms with Crippen LogP contribution in [0, 0.1) is 30.6 Å². The molecule has 0 spiro atoms. The lowest BCUT2D eigenvalue weighted by molar-refractivity contribution is 0.475. The summed E-state index contributed by atoms with van der Waals surface area (Å²) in [6, 6.07) is 20.3. The highest BCUT2D eigenvalue weighted by atomic mass is 32.1. The van der Waals surface area contributed by atoms with Gasteiger partial charge in [0.2, 0.25) is 0 Å². The summed E-state index contributed by atoms with van der Waals surface area (Å²) in [5.74, 6) is 12.8. The summed E-state index contributed by atoms with van der Waals surface area (Å²) in [6.45, 7) is 2.02. The van der Waals surface area contributed by atoms with Gasteiger partial charge < -0.3 is 5.11 Å². The molecule has 0 aliphatic carbocycles. The Bertz CT molecular complexity index is 1130. The SMILES string of the molecule is Cc1cc(C#Cc2ccc(N=C=S)cc2)ccc1C#Cc1ccc(O)cc1. The molecule has 0 amide bonds. The van der Waals surface area contributed by atoms with Gasteiger partial charge in [0.25, 0.3) is 0 Å². The molecule has 0 radical (unpaired) electrons. The number of hydrogen-bond acceptors (Lipinski definition) is 3. The quantitative estimate of drug-likeness (QED) is 0.364. The Morgan fingerprint density at radius 2 is 1.30 bits per heavy atom. The fourth-order valence-electron chi connectivity index (χ4n) is 2.38. The van der Waals surface area contributed by atoms with E-state index in [2.05, 4.69) is 46.1 Å². The number of rotatable bonds is 1. The van der Waals surface area contributed by atoms with Crippen molar-refractivity contribution in [2.75, 3.05) is 0 Å². The van der Waals surface area contributed by atoms with Gasteiger partial charge in [0.05, 0.1) is 10.8 Å². The minimum Gasteiger partial charge on any atom is -0.508 e. The second kappa shape index (κ2) is 8.65. The van der Waals surface area contributed by atoms with Crippen molar-refractivity contribution in [2.45, 2.75) is 6.92 Å². The molecule has 3 aromatic carbocycles. The van der Waals surface area contributed by atoms with Crippen molar-refractivity contribution in [3.8, 4) is 29.4 Å². The molecule has 128 valence electrons. The highest BCUT2D eigenvalue weighted by molar-refractivity contribution is 7.78. The average molecular weight is 365 g/mol. The van der Waals surface area contributed by atoms with E-state index in [9.17, 15) is 5.11 Å². The highest BCUT2D eigenvalue weighted by Gasteiger charge is 1.97. The van der Waals surface area contributed by atoms with E-state index in [0.29, 0.717) is 0 Å². The second-order valence-electron chi connectivity index (χ2n) is 5.83. The maximum Gasteiger partial charge on any atom is 0.115 e. The molecule has 3 rings (SSSR count). The number of thiocarbonyl (C=S) groups is 1. The van der Waals surface area contributed by atoms with E-state index in [1.54, 1.807) is 24.3 Å². The Morgan fingerprint density at radius 3 is 1.93 bits per heavy atom. The number of phenols is 1. The van der Waals surface area contributed by atoms with Gasteiger partial charge in [0.1, 0.15) is 5.75 Å². The van der Waals surface area contributed by atoms with Crippen LogP contribution in [0.2, 0.25) is 0 Å². The Labute approximate surface area is 164 Å². The first-order chi connectivity index (χ1) is 13.1. The first kappa shape index (κ1) is 18.2. The number of isothiocyanates is 1. The average Bonchev–Trinajstić information content (AvgIpc) is 2.68. The number of benzene rings is 3.